The Labute approximate surface area is 86.7 Å². The molecule has 14 heavy (non-hydrogen) atoms. The molecule has 1 saturated carbocycles. The Kier molecular flexibility index (Phi) is 3.57. The summed E-state index contributed by atoms with van der Waals surface area (Å²) in [6.45, 7) is 3.04. The summed E-state index contributed by atoms with van der Waals surface area (Å²) < 4.78 is 0. The van der Waals surface area contributed by atoms with Crippen LogP contribution < -0.4 is 0 Å². The van der Waals surface area contributed by atoms with E-state index < -0.39 is 0 Å². The van der Waals surface area contributed by atoms with Gasteiger partial charge in [0, 0.05) is 5.92 Å². The van der Waals surface area contributed by atoms with Crippen molar-refractivity contribution < 1.29 is 4.79 Å². The predicted molar refractivity (Wildman–Crippen MR) is 57.3 cm³/mol. The van der Waals surface area contributed by atoms with Gasteiger partial charge >= 0.3 is 0 Å². The fraction of sp³-hybridized carbons (Fsp3) is 0.917. The highest BCUT2D eigenvalue weighted by molar-refractivity contribution is 5.83. The van der Waals surface area contributed by atoms with Crippen LogP contribution in [0, 0.1) is 5.92 Å². The Bertz CT molecular complexity index is 190. The Morgan fingerprint density at radius 2 is 1.64 bits per heavy atom. The molecule has 1 aliphatic heterocycles. The minimum atomic E-state index is 0.414. The molecular weight excluding hydrogens is 174 g/mol. The fourth-order valence-electron chi connectivity index (χ4n) is 2.71. The van der Waals surface area contributed by atoms with E-state index in [-0.39, 0.29) is 0 Å². The molecule has 0 aromatic carbocycles. The van der Waals surface area contributed by atoms with E-state index in [1.165, 1.54) is 32.1 Å². The van der Waals surface area contributed by atoms with Crippen LogP contribution in [0.15, 0.2) is 0 Å². The number of hydrogen-bond acceptors (Lipinski definition) is 2. The number of piperidine rings is 1. The summed E-state index contributed by atoms with van der Waals surface area (Å²) >= 11 is 0. The van der Waals surface area contributed by atoms with E-state index in [2.05, 4.69) is 4.90 Å². The molecule has 0 aromatic rings. The zero-order valence-corrected chi connectivity index (χ0v) is 9.00. The molecule has 0 spiro atoms. The first-order valence-corrected chi connectivity index (χ1v) is 6.11. The van der Waals surface area contributed by atoms with Crippen molar-refractivity contribution in [1.82, 2.24) is 4.90 Å². The van der Waals surface area contributed by atoms with Crippen molar-refractivity contribution in [2.75, 3.05) is 19.6 Å². The molecule has 2 aliphatic rings. The van der Waals surface area contributed by atoms with Gasteiger partial charge in [0.25, 0.3) is 0 Å². The van der Waals surface area contributed by atoms with E-state index in [0.717, 1.165) is 32.5 Å². The summed E-state index contributed by atoms with van der Waals surface area (Å²) in [5.74, 6) is 0.932. The Hall–Kier alpha value is -0.370. The van der Waals surface area contributed by atoms with Gasteiger partial charge in [-0.2, -0.15) is 0 Å². The second-order valence-corrected chi connectivity index (χ2v) is 4.78. The molecule has 0 radical (unpaired) electrons. The fourth-order valence-corrected chi connectivity index (χ4v) is 2.71. The lowest BCUT2D eigenvalue weighted by atomic mass is 10.0. The monoisotopic (exact) mass is 195 g/mol. The molecule has 0 aromatic heterocycles. The SMILES string of the molecule is O=C(CN1CCCCC1)C1CCCC1. The quantitative estimate of drug-likeness (QED) is 0.688. The lowest BCUT2D eigenvalue weighted by Crippen LogP contribution is -2.36. The number of Topliss-reactive ketones (excluding diaryl/α,β-unsaturated/α-hetero) is 1. The van der Waals surface area contributed by atoms with Crippen LogP contribution in [-0.4, -0.2) is 30.3 Å². The zero-order valence-electron chi connectivity index (χ0n) is 9.00. The van der Waals surface area contributed by atoms with Gasteiger partial charge in [-0.25, -0.2) is 0 Å². The number of carbonyl (C=O) groups excluding carboxylic acids is 1. The smallest absolute Gasteiger partial charge is 0.149 e. The van der Waals surface area contributed by atoms with Gasteiger partial charge in [0.05, 0.1) is 6.54 Å². The standard InChI is InChI=1S/C12H21NO/c14-12(11-6-2-3-7-11)10-13-8-4-1-5-9-13/h11H,1-10H2. The number of likely N-dealkylation sites (tertiary alicyclic amines) is 1. The molecule has 2 nitrogen and oxygen atoms in total. The number of rotatable bonds is 3. The molecule has 2 rings (SSSR count). The first-order chi connectivity index (χ1) is 6.86. The van der Waals surface area contributed by atoms with Crippen molar-refractivity contribution in [2.45, 2.75) is 44.9 Å². The molecular formula is C12H21NO. The van der Waals surface area contributed by atoms with Gasteiger partial charge in [-0.1, -0.05) is 19.3 Å². The van der Waals surface area contributed by atoms with Crippen molar-refractivity contribution in [3.05, 3.63) is 0 Å². The minimum Gasteiger partial charge on any atom is -0.298 e. The number of ketones is 1. The third-order valence-electron chi connectivity index (χ3n) is 3.64. The zero-order chi connectivity index (χ0) is 9.80. The van der Waals surface area contributed by atoms with Crippen molar-refractivity contribution in [3.63, 3.8) is 0 Å². The van der Waals surface area contributed by atoms with E-state index in [1.54, 1.807) is 0 Å². The van der Waals surface area contributed by atoms with Crippen LogP contribution in [0.5, 0.6) is 0 Å². The first-order valence-electron chi connectivity index (χ1n) is 6.11. The molecule has 1 aliphatic carbocycles. The van der Waals surface area contributed by atoms with Crippen molar-refractivity contribution in [1.29, 1.82) is 0 Å². The normalized spacial score (nSPS) is 25.4. The lowest BCUT2D eigenvalue weighted by molar-refractivity contribution is -0.124. The van der Waals surface area contributed by atoms with Crippen molar-refractivity contribution in [2.24, 2.45) is 5.92 Å². The summed E-state index contributed by atoms with van der Waals surface area (Å²) in [4.78, 5) is 14.2. The number of hydrogen-bond donors (Lipinski definition) is 0. The summed E-state index contributed by atoms with van der Waals surface area (Å²) in [6.07, 6.45) is 8.80. The van der Waals surface area contributed by atoms with Crippen molar-refractivity contribution in [3.8, 4) is 0 Å². The number of nitrogens with zero attached hydrogens (tertiary/aromatic N) is 1. The molecule has 2 heteroatoms. The highest BCUT2D eigenvalue weighted by Crippen LogP contribution is 2.25. The van der Waals surface area contributed by atoms with Crippen molar-refractivity contribution >= 4 is 5.78 Å². The molecule has 80 valence electrons. The first kappa shape index (κ1) is 10.2. The maximum atomic E-state index is 11.9. The van der Waals surface area contributed by atoms with Crippen LogP contribution in [0.25, 0.3) is 0 Å². The minimum absolute atomic E-state index is 0.414. The second-order valence-electron chi connectivity index (χ2n) is 4.78. The molecule has 0 N–H and O–H groups in total. The van der Waals surface area contributed by atoms with Crippen LogP contribution >= 0.6 is 0 Å². The third-order valence-corrected chi connectivity index (χ3v) is 3.64. The molecule has 1 heterocycles. The van der Waals surface area contributed by atoms with Gasteiger partial charge in [-0.15, -0.1) is 0 Å². The van der Waals surface area contributed by atoms with Crippen LogP contribution in [0.3, 0.4) is 0 Å². The van der Waals surface area contributed by atoms with Gasteiger partial charge in [-0.05, 0) is 38.8 Å². The predicted octanol–water partition coefficient (Wildman–Crippen LogP) is 2.23. The molecule has 0 atom stereocenters. The molecule has 1 saturated heterocycles. The van der Waals surface area contributed by atoms with E-state index in [4.69, 9.17) is 0 Å². The van der Waals surface area contributed by atoms with Gasteiger partial charge in [-0.3, -0.25) is 9.69 Å². The van der Waals surface area contributed by atoms with Crippen LogP contribution in [-0.2, 0) is 4.79 Å². The summed E-state index contributed by atoms with van der Waals surface area (Å²) in [6, 6.07) is 0. The van der Waals surface area contributed by atoms with E-state index >= 15 is 0 Å². The Morgan fingerprint density at radius 1 is 1.00 bits per heavy atom. The van der Waals surface area contributed by atoms with Crippen LogP contribution in [0.2, 0.25) is 0 Å². The highest BCUT2D eigenvalue weighted by atomic mass is 16.1. The Morgan fingerprint density at radius 3 is 2.29 bits per heavy atom. The third kappa shape index (κ3) is 2.57. The van der Waals surface area contributed by atoms with Gasteiger partial charge in [0.15, 0.2) is 0 Å². The molecule has 0 bridgehead atoms. The maximum absolute atomic E-state index is 11.9. The van der Waals surface area contributed by atoms with Crippen LogP contribution in [0.1, 0.15) is 44.9 Å². The number of carbonyl (C=O) groups is 1. The average molecular weight is 195 g/mol. The topological polar surface area (TPSA) is 20.3 Å². The van der Waals surface area contributed by atoms with Crippen LogP contribution in [0.4, 0.5) is 0 Å². The Balaban J connectivity index is 1.75. The molecule has 0 unspecified atom stereocenters. The average Bonchev–Trinajstić information content (AvgIpc) is 2.72. The summed E-state index contributed by atoms with van der Waals surface area (Å²) in [5, 5.41) is 0. The molecule has 0 amide bonds. The van der Waals surface area contributed by atoms with Gasteiger partial charge < -0.3 is 0 Å². The summed E-state index contributed by atoms with van der Waals surface area (Å²) in [5.41, 5.74) is 0. The highest BCUT2D eigenvalue weighted by Gasteiger charge is 2.24. The summed E-state index contributed by atoms with van der Waals surface area (Å²) in [7, 11) is 0. The van der Waals surface area contributed by atoms with Gasteiger partial charge in [0.2, 0.25) is 0 Å². The lowest BCUT2D eigenvalue weighted by Gasteiger charge is -2.26. The van der Waals surface area contributed by atoms with E-state index in [0.29, 0.717) is 11.7 Å². The largest absolute Gasteiger partial charge is 0.298 e. The van der Waals surface area contributed by atoms with Gasteiger partial charge in [0.1, 0.15) is 5.78 Å². The molecule has 2 fully saturated rings. The van der Waals surface area contributed by atoms with E-state index in [9.17, 15) is 4.79 Å². The second kappa shape index (κ2) is 4.92. The maximum Gasteiger partial charge on any atom is 0.149 e. The van der Waals surface area contributed by atoms with E-state index in [1.807, 2.05) is 0 Å².